The number of benzene rings is 1. The van der Waals surface area contributed by atoms with E-state index in [4.69, 9.17) is 11.5 Å². The molecule has 11 heteroatoms. The second kappa shape index (κ2) is 5.70. The van der Waals surface area contributed by atoms with Crippen LogP contribution in [0.25, 0.3) is 16.7 Å². The van der Waals surface area contributed by atoms with Gasteiger partial charge < -0.3 is 11.5 Å². The van der Waals surface area contributed by atoms with Gasteiger partial charge >= 0.3 is 0 Å². The molecule has 3 heterocycles. The SMILES string of the molecule is Cn1c(=O)c2ccccc2n2c(CSc3nc(N)nc(N)n3)nnc12. The maximum atomic E-state index is 12.4. The Morgan fingerprint density at radius 3 is 2.56 bits per heavy atom. The number of thioether (sulfide) groups is 1. The highest BCUT2D eigenvalue weighted by molar-refractivity contribution is 7.98. The van der Waals surface area contributed by atoms with Gasteiger partial charge in [0.05, 0.1) is 16.7 Å². The van der Waals surface area contributed by atoms with Crippen LogP contribution in [0, 0.1) is 0 Å². The number of aryl methyl sites for hydroxylation is 1. The Morgan fingerprint density at radius 1 is 1.08 bits per heavy atom. The normalized spacial score (nSPS) is 11.4. The first kappa shape index (κ1) is 15.3. The largest absolute Gasteiger partial charge is 0.368 e. The minimum absolute atomic E-state index is 0.0638. The molecule has 0 fully saturated rings. The van der Waals surface area contributed by atoms with E-state index < -0.39 is 0 Å². The molecule has 25 heavy (non-hydrogen) atoms. The molecule has 0 amide bonds. The van der Waals surface area contributed by atoms with Crippen molar-refractivity contribution in [2.45, 2.75) is 10.9 Å². The van der Waals surface area contributed by atoms with E-state index in [0.29, 0.717) is 27.9 Å². The van der Waals surface area contributed by atoms with Crippen LogP contribution in [0.1, 0.15) is 5.82 Å². The smallest absolute Gasteiger partial charge is 0.262 e. The Kier molecular flexibility index (Phi) is 3.50. The number of para-hydroxylation sites is 1. The number of hydrogen-bond acceptors (Lipinski definition) is 9. The van der Waals surface area contributed by atoms with Gasteiger partial charge in [-0.1, -0.05) is 23.9 Å². The highest BCUT2D eigenvalue weighted by Crippen LogP contribution is 2.21. The fourth-order valence-electron chi connectivity index (χ4n) is 2.57. The van der Waals surface area contributed by atoms with Gasteiger partial charge in [-0.25, -0.2) is 0 Å². The van der Waals surface area contributed by atoms with Gasteiger partial charge in [0.2, 0.25) is 17.7 Å². The number of nitrogen functional groups attached to an aromatic ring is 2. The van der Waals surface area contributed by atoms with Crippen LogP contribution in [0.3, 0.4) is 0 Å². The summed E-state index contributed by atoms with van der Waals surface area (Å²) in [5.74, 6) is 1.67. The van der Waals surface area contributed by atoms with Gasteiger partial charge in [0.15, 0.2) is 5.16 Å². The van der Waals surface area contributed by atoms with Crippen molar-refractivity contribution in [1.82, 2.24) is 34.1 Å². The fraction of sp³-hybridized carbons (Fsp3) is 0.143. The van der Waals surface area contributed by atoms with Crippen LogP contribution in [0.15, 0.2) is 34.2 Å². The van der Waals surface area contributed by atoms with E-state index in [1.54, 1.807) is 13.1 Å². The second-order valence-corrected chi connectivity index (χ2v) is 6.20. The Balaban J connectivity index is 1.82. The van der Waals surface area contributed by atoms with Gasteiger partial charge in [0.25, 0.3) is 5.56 Å². The summed E-state index contributed by atoms with van der Waals surface area (Å²) in [6.45, 7) is 0. The predicted octanol–water partition coefficient (Wildman–Crippen LogP) is 0.223. The predicted molar refractivity (Wildman–Crippen MR) is 93.9 cm³/mol. The summed E-state index contributed by atoms with van der Waals surface area (Å²) in [7, 11) is 1.67. The molecule has 1 aromatic carbocycles. The lowest BCUT2D eigenvalue weighted by Gasteiger charge is -2.07. The minimum atomic E-state index is -0.118. The van der Waals surface area contributed by atoms with E-state index in [1.165, 1.54) is 16.3 Å². The van der Waals surface area contributed by atoms with Gasteiger partial charge in [0, 0.05) is 7.05 Å². The van der Waals surface area contributed by atoms with Gasteiger partial charge in [0.1, 0.15) is 5.82 Å². The maximum Gasteiger partial charge on any atom is 0.262 e. The van der Waals surface area contributed by atoms with Crippen LogP contribution in [-0.4, -0.2) is 34.1 Å². The Morgan fingerprint density at radius 2 is 1.80 bits per heavy atom. The average molecular weight is 355 g/mol. The average Bonchev–Trinajstić information content (AvgIpc) is 3.01. The molecule has 0 saturated heterocycles. The summed E-state index contributed by atoms with van der Waals surface area (Å²) in [6, 6.07) is 7.33. The molecule has 4 rings (SSSR count). The second-order valence-electron chi connectivity index (χ2n) is 5.26. The summed E-state index contributed by atoms with van der Waals surface area (Å²) < 4.78 is 3.32. The Hall–Kier alpha value is -3.21. The topological polar surface area (TPSA) is 143 Å². The molecule has 0 unspecified atom stereocenters. The van der Waals surface area contributed by atoms with Crippen LogP contribution in [-0.2, 0) is 12.8 Å². The van der Waals surface area contributed by atoms with Crippen molar-refractivity contribution in [2.24, 2.45) is 7.05 Å². The molecule has 0 aliphatic heterocycles. The quantitative estimate of drug-likeness (QED) is 0.493. The maximum absolute atomic E-state index is 12.4. The molecular weight excluding hydrogens is 342 g/mol. The zero-order valence-electron chi connectivity index (χ0n) is 13.1. The third kappa shape index (κ3) is 2.54. The third-order valence-corrected chi connectivity index (χ3v) is 4.52. The summed E-state index contributed by atoms with van der Waals surface area (Å²) in [5.41, 5.74) is 11.8. The van der Waals surface area contributed by atoms with Crippen molar-refractivity contribution in [3.05, 3.63) is 40.4 Å². The molecule has 0 spiro atoms. The number of nitrogens with two attached hydrogens (primary N) is 2. The van der Waals surface area contributed by atoms with Crippen LogP contribution in [0.2, 0.25) is 0 Å². The molecule has 0 atom stereocenters. The summed E-state index contributed by atoms with van der Waals surface area (Å²) in [5, 5.41) is 9.34. The molecule has 4 N–H and O–H groups in total. The zero-order valence-corrected chi connectivity index (χ0v) is 13.9. The van der Waals surface area contributed by atoms with E-state index >= 15 is 0 Å². The number of rotatable bonds is 3. The molecule has 0 aliphatic rings. The summed E-state index contributed by atoms with van der Waals surface area (Å²) >= 11 is 1.31. The first-order chi connectivity index (χ1) is 12.0. The zero-order chi connectivity index (χ0) is 17.6. The van der Waals surface area contributed by atoms with E-state index in [2.05, 4.69) is 25.1 Å². The number of anilines is 2. The van der Waals surface area contributed by atoms with E-state index in [1.807, 2.05) is 22.6 Å². The van der Waals surface area contributed by atoms with E-state index in [0.717, 1.165) is 5.52 Å². The standard InChI is InChI=1S/C14H13N9OS/c1-22-10(24)7-4-2-3-5-8(7)23-9(20-21-14(22)23)6-25-13-18-11(15)17-12(16)19-13/h2-5H,6H2,1H3,(H4,15,16,17,18,19). The van der Waals surface area contributed by atoms with Crippen molar-refractivity contribution in [3.8, 4) is 0 Å². The van der Waals surface area contributed by atoms with Gasteiger partial charge in [-0.15, -0.1) is 10.2 Å². The number of hydrogen-bond donors (Lipinski definition) is 2. The van der Waals surface area contributed by atoms with Crippen molar-refractivity contribution in [3.63, 3.8) is 0 Å². The van der Waals surface area contributed by atoms with Crippen LogP contribution in [0.4, 0.5) is 11.9 Å². The van der Waals surface area contributed by atoms with Gasteiger partial charge in [-0.3, -0.25) is 13.8 Å². The van der Waals surface area contributed by atoms with Crippen LogP contribution >= 0.6 is 11.8 Å². The lowest BCUT2D eigenvalue weighted by Crippen LogP contribution is -2.20. The Labute approximate surface area is 144 Å². The highest BCUT2D eigenvalue weighted by Gasteiger charge is 2.15. The lowest BCUT2D eigenvalue weighted by atomic mass is 10.2. The van der Waals surface area contributed by atoms with Crippen LogP contribution in [0.5, 0.6) is 0 Å². The van der Waals surface area contributed by atoms with E-state index in [9.17, 15) is 4.79 Å². The summed E-state index contributed by atoms with van der Waals surface area (Å²) in [6.07, 6.45) is 0. The first-order valence-corrected chi connectivity index (χ1v) is 8.24. The molecule has 0 radical (unpaired) electrons. The Bertz CT molecular complexity index is 1150. The molecule has 0 bridgehead atoms. The van der Waals surface area contributed by atoms with Crippen molar-refractivity contribution >= 4 is 40.3 Å². The molecule has 126 valence electrons. The van der Waals surface area contributed by atoms with Crippen LogP contribution < -0.4 is 17.0 Å². The molecular formula is C14H13N9OS. The molecule has 4 aromatic rings. The third-order valence-electron chi connectivity index (χ3n) is 3.67. The molecule has 0 aliphatic carbocycles. The van der Waals surface area contributed by atoms with E-state index in [-0.39, 0.29) is 17.5 Å². The highest BCUT2D eigenvalue weighted by atomic mass is 32.2. The summed E-state index contributed by atoms with van der Waals surface area (Å²) in [4.78, 5) is 24.2. The molecule has 3 aromatic heterocycles. The number of fused-ring (bicyclic) bond motifs is 3. The monoisotopic (exact) mass is 355 g/mol. The van der Waals surface area contributed by atoms with Crippen molar-refractivity contribution in [2.75, 3.05) is 11.5 Å². The number of nitrogens with zero attached hydrogens (tertiary/aromatic N) is 7. The van der Waals surface area contributed by atoms with Gasteiger partial charge in [-0.05, 0) is 12.1 Å². The van der Waals surface area contributed by atoms with Gasteiger partial charge in [-0.2, -0.15) is 15.0 Å². The number of aromatic nitrogens is 7. The first-order valence-electron chi connectivity index (χ1n) is 7.26. The fourth-order valence-corrected chi connectivity index (χ4v) is 3.33. The lowest BCUT2D eigenvalue weighted by molar-refractivity contribution is 0.857. The van der Waals surface area contributed by atoms with Crippen molar-refractivity contribution < 1.29 is 0 Å². The van der Waals surface area contributed by atoms with Crippen molar-refractivity contribution in [1.29, 1.82) is 0 Å². The molecule has 0 saturated carbocycles. The minimum Gasteiger partial charge on any atom is -0.368 e. The molecule has 10 nitrogen and oxygen atoms in total.